The molecule has 0 saturated carbocycles. The highest BCUT2D eigenvalue weighted by atomic mass is 16.3. The van der Waals surface area contributed by atoms with Crippen molar-refractivity contribution in [1.82, 2.24) is 4.57 Å². The minimum absolute atomic E-state index is 0.188. The van der Waals surface area contributed by atoms with Gasteiger partial charge >= 0.3 is 0 Å². The first kappa shape index (κ1) is 10.7. The lowest BCUT2D eigenvalue weighted by Crippen LogP contribution is -1.95. The number of aryl methyl sites for hydroxylation is 1. The zero-order valence-electron chi connectivity index (χ0n) is 10.7. The van der Waals surface area contributed by atoms with Crippen LogP contribution in [-0.4, -0.2) is 14.8 Å². The molecule has 0 radical (unpaired) electrons. The summed E-state index contributed by atoms with van der Waals surface area (Å²) in [6.45, 7) is 2.02. The van der Waals surface area contributed by atoms with Gasteiger partial charge in [0.2, 0.25) is 11.8 Å². The van der Waals surface area contributed by atoms with Gasteiger partial charge in [-0.15, -0.1) is 0 Å². The van der Waals surface area contributed by atoms with E-state index in [0.29, 0.717) is 0 Å². The first-order chi connectivity index (χ1) is 9.16. The van der Waals surface area contributed by atoms with E-state index in [4.69, 9.17) is 0 Å². The second kappa shape index (κ2) is 3.44. The van der Waals surface area contributed by atoms with Crippen molar-refractivity contribution in [1.29, 1.82) is 0 Å². The van der Waals surface area contributed by atoms with Gasteiger partial charge in [-0.05, 0) is 25.5 Å². The average Bonchev–Trinajstić information content (AvgIpc) is 3.06. The van der Waals surface area contributed by atoms with E-state index in [9.17, 15) is 10.2 Å². The average molecular weight is 253 g/mol. The summed E-state index contributed by atoms with van der Waals surface area (Å²) in [5.74, 6) is 0.900. The van der Waals surface area contributed by atoms with Crippen LogP contribution in [0.25, 0.3) is 5.69 Å². The van der Waals surface area contributed by atoms with Gasteiger partial charge in [0, 0.05) is 23.0 Å². The Hall–Kier alpha value is -2.16. The third-order valence-electron chi connectivity index (χ3n) is 4.31. The number of rotatable bonds is 1. The molecule has 1 aromatic carbocycles. The molecule has 96 valence electrons. The van der Waals surface area contributed by atoms with Gasteiger partial charge in [-0.3, -0.25) is 4.57 Å². The standard InChI is InChI=1S/C16H15NO2/c1-9-2-6-12(7-3-9)17-15(18)13-10-4-5-11(8-10)14(13)16(17)19/h2-7,10-11,18-19H,8H2,1H3. The van der Waals surface area contributed by atoms with Crippen LogP contribution in [0.15, 0.2) is 36.4 Å². The summed E-state index contributed by atoms with van der Waals surface area (Å²) >= 11 is 0. The normalized spacial score (nSPS) is 23.0. The highest BCUT2D eigenvalue weighted by molar-refractivity contribution is 5.62. The van der Waals surface area contributed by atoms with E-state index >= 15 is 0 Å². The largest absolute Gasteiger partial charge is 0.494 e. The second-order valence-electron chi connectivity index (χ2n) is 5.48. The summed E-state index contributed by atoms with van der Waals surface area (Å²) in [6, 6.07) is 7.79. The van der Waals surface area contributed by atoms with E-state index in [1.165, 1.54) is 0 Å². The molecule has 3 nitrogen and oxygen atoms in total. The van der Waals surface area contributed by atoms with E-state index in [1.54, 1.807) is 4.57 Å². The highest BCUT2D eigenvalue weighted by Crippen LogP contribution is 2.57. The smallest absolute Gasteiger partial charge is 0.202 e. The van der Waals surface area contributed by atoms with Crippen molar-refractivity contribution in [3.63, 3.8) is 0 Å². The topological polar surface area (TPSA) is 45.4 Å². The maximum absolute atomic E-state index is 10.4. The highest BCUT2D eigenvalue weighted by Gasteiger charge is 2.41. The van der Waals surface area contributed by atoms with Crippen molar-refractivity contribution in [2.45, 2.75) is 25.2 Å². The predicted octanol–water partition coefficient (Wildman–Crippen LogP) is 3.34. The van der Waals surface area contributed by atoms with Crippen LogP contribution in [0.4, 0.5) is 0 Å². The molecule has 0 fully saturated rings. The van der Waals surface area contributed by atoms with Crippen LogP contribution in [0.2, 0.25) is 0 Å². The van der Waals surface area contributed by atoms with Crippen molar-refractivity contribution in [2.75, 3.05) is 0 Å². The van der Waals surface area contributed by atoms with Crippen molar-refractivity contribution >= 4 is 0 Å². The van der Waals surface area contributed by atoms with E-state index in [0.717, 1.165) is 28.8 Å². The van der Waals surface area contributed by atoms with Gasteiger partial charge in [-0.1, -0.05) is 29.8 Å². The number of hydrogen-bond donors (Lipinski definition) is 2. The molecule has 0 amide bonds. The van der Waals surface area contributed by atoms with Gasteiger partial charge in [-0.25, -0.2) is 0 Å². The molecular weight excluding hydrogens is 238 g/mol. The van der Waals surface area contributed by atoms with E-state index < -0.39 is 0 Å². The first-order valence-corrected chi connectivity index (χ1v) is 6.58. The molecule has 2 aromatic rings. The van der Waals surface area contributed by atoms with Gasteiger partial charge in [0.1, 0.15) is 0 Å². The SMILES string of the molecule is Cc1ccc(-n2c(O)c3c(c2O)C2C=CC3C2)cc1. The molecule has 1 aromatic heterocycles. The van der Waals surface area contributed by atoms with Crippen molar-refractivity contribution < 1.29 is 10.2 Å². The summed E-state index contributed by atoms with van der Waals surface area (Å²) in [4.78, 5) is 0. The fourth-order valence-electron chi connectivity index (χ4n) is 3.38. The molecule has 2 atom stereocenters. The Morgan fingerprint density at radius 1 is 0.947 bits per heavy atom. The van der Waals surface area contributed by atoms with Crippen molar-refractivity contribution in [2.24, 2.45) is 0 Å². The molecule has 2 N–H and O–H groups in total. The Labute approximate surface area is 111 Å². The van der Waals surface area contributed by atoms with Gasteiger partial charge < -0.3 is 10.2 Å². The number of allylic oxidation sites excluding steroid dienone is 2. The number of nitrogens with zero attached hydrogens (tertiary/aromatic N) is 1. The molecule has 2 aliphatic rings. The van der Waals surface area contributed by atoms with Crippen LogP contribution in [0, 0.1) is 6.92 Å². The van der Waals surface area contributed by atoms with Crippen molar-refractivity contribution in [3.05, 3.63) is 53.1 Å². The van der Waals surface area contributed by atoms with Crippen molar-refractivity contribution in [3.8, 4) is 17.4 Å². The van der Waals surface area contributed by atoms with Crippen LogP contribution < -0.4 is 0 Å². The molecule has 0 spiro atoms. The van der Waals surface area contributed by atoms with Crippen LogP contribution >= 0.6 is 0 Å². The Morgan fingerprint density at radius 2 is 1.47 bits per heavy atom. The monoisotopic (exact) mass is 253 g/mol. The Balaban J connectivity index is 1.94. The summed E-state index contributed by atoms with van der Waals surface area (Å²) in [7, 11) is 0. The van der Waals surface area contributed by atoms with E-state index in [-0.39, 0.29) is 23.6 Å². The molecular formula is C16H15NO2. The van der Waals surface area contributed by atoms with Gasteiger partial charge in [0.25, 0.3) is 0 Å². The third kappa shape index (κ3) is 1.27. The molecule has 19 heavy (non-hydrogen) atoms. The zero-order chi connectivity index (χ0) is 13.1. The molecule has 3 heteroatoms. The molecule has 2 aliphatic carbocycles. The Bertz CT molecular complexity index is 659. The molecule has 2 unspecified atom stereocenters. The van der Waals surface area contributed by atoms with Gasteiger partial charge in [-0.2, -0.15) is 0 Å². The minimum atomic E-state index is 0.188. The lowest BCUT2D eigenvalue weighted by molar-refractivity contribution is 0.395. The summed E-state index contributed by atoms with van der Waals surface area (Å²) < 4.78 is 1.55. The quantitative estimate of drug-likeness (QED) is 0.766. The maximum atomic E-state index is 10.4. The Kier molecular flexibility index (Phi) is 1.94. The molecule has 1 heterocycles. The van der Waals surface area contributed by atoms with Crippen LogP contribution in [0.3, 0.4) is 0 Å². The number of benzene rings is 1. The fraction of sp³-hybridized carbons (Fsp3) is 0.250. The molecule has 2 bridgehead atoms. The van der Waals surface area contributed by atoms with E-state index in [2.05, 4.69) is 12.2 Å². The third-order valence-corrected chi connectivity index (χ3v) is 4.31. The van der Waals surface area contributed by atoms with E-state index in [1.807, 2.05) is 31.2 Å². The molecule has 0 saturated heterocycles. The maximum Gasteiger partial charge on any atom is 0.202 e. The molecule has 4 rings (SSSR count). The lowest BCUT2D eigenvalue weighted by Gasteiger charge is -2.10. The van der Waals surface area contributed by atoms with Gasteiger partial charge in [0.15, 0.2) is 0 Å². The zero-order valence-corrected chi connectivity index (χ0v) is 10.7. The summed E-state index contributed by atoms with van der Waals surface area (Å²) in [6.07, 6.45) is 5.25. The fourth-order valence-corrected chi connectivity index (χ4v) is 3.38. The van der Waals surface area contributed by atoms with Crippen LogP contribution in [0.5, 0.6) is 11.8 Å². The van der Waals surface area contributed by atoms with Gasteiger partial charge in [0.05, 0.1) is 5.69 Å². The Morgan fingerprint density at radius 3 is 2.00 bits per heavy atom. The number of hydrogen-bond acceptors (Lipinski definition) is 2. The second-order valence-corrected chi connectivity index (χ2v) is 5.48. The molecule has 0 aliphatic heterocycles. The number of aromatic nitrogens is 1. The minimum Gasteiger partial charge on any atom is -0.494 e. The first-order valence-electron chi connectivity index (χ1n) is 6.58. The number of fused-ring (bicyclic) bond motifs is 5. The van der Waals surface area contributed by atoms with Crippen LogP contribution in [0.1, 0.15) is 34.9 Å². The van der Waals surface area contributed by atoms with Crippen LogP contribution in [-0.2, 0) is 0 Å². The summed E-state index contributed by atoms with van der Waals surface area (Å²) in [5.41, 5.74) is 3.77. The lowest BCUT2D eigenvalue weighted by atomic mass is 10.0. The summed E-state index contributed by atoms with van der Waals surface area (Å²) in [5, 5.41) is 20.9. The predicted molar refractivity (Wildman–Crippen MR) is 73.1 cm³/mol. The number of aromatic hydroxyl groups is 2.